The number of rotatable bonds is 18. The normalized spacial score (nSPS) is 14.1. The van der Waals surface area contributed by atoms with Gasteiger partial charge in [0.1, 0.15) is 5.15 Å². The summed E-state index contributed by atoms with van der Waals surface area (Å²) in [6.45, 7) is 1.97. The van der Waals surface area contributed by atoms with E-state index in [1.54, 1.807) is 46.4 Å². The Balaban J connectivity index is 0.000000135. The van der Waals surface area contributed by atoms with Gasteiger partial charge in [-0.1, -0.05) is 413 Å². The van der Waals surface area contributed by atoms with Crippen molar-refractivity contribution in [1.82, 2.24) is 39.0 Å². The number of aryl methyl sites for hydroxylation is 1. The standard InChI is InChI=1S/C24H24N4O2.C23H21ClN4O2.4C18H15P.CH3.ClH.Pd.Zn/c1-15-6-7-16(12-26-15)10-17-11-19-23(18-8-9-25-13-20(17)18)27-14-28(24(19)30)21-4-2-3-5-22(21)29;24-21-6-5-14(11-26-21)9-15-10-17-22(16-7-8-25-12-18(15)16)27-13-28(23(17)30)19-3-1-2-4-20(19)29;4*1-4-10-16(11-5-1)19(17-12-6-2-7-13-17)18-14-8-3-9-15-18;;;;/h6-9,11-14,21-22,29H,2-5,10H2,1H3;5-8,10-13,19-20,29H,1-4,9H2;4*1-15H;1H3;1H;;/q;;;;;;-1;;;+2/p-1/t21-,22-;19-,20-;;;;;;;;/m00......../s1. The summed E-state index contributed by atoms with van der Waals surface area (Å²) in [6.07, 6.45) is 21.2. The second kappa shape index (κ2) is 53.6. The zero-order valence-corrected chi connectivity index (χ0v) is 87.7. The molecule has 698 valence electrons. The van der Waals surface area contributed by atoms with Crippen LogP contribution in [0.1, 0.15) is 91.4 Å². The molecule has 2 aliphatic carbocycles. The molecular weight excluding hydrogens is 1980 g/mol. The van der Waals surface area contributed by atoms with Gasteiger partial charge in [-0.2, -0.15) is 0 Å². The summed E-state index contributed by atoms with van der Waals surface area (Å²) in [5.74, 6) is 0. The molecule has 140 heavy (non-hydrogen) atoms. The van der Waals surface area contributed by atoms with Gasteiger partial charge in [0.05, 0.1) is 58.8 Å². The zero-order valence-electron chi connectivity index (χ0n) is 78.1. The number of benzene rings is 14. The Labute approximate surface area is 858 Å². The molecular formula is C120H108Cl2N8O4P4PdZn. The fourth-order valence-electron chi connectivity index (χ4n) is 17.7. The van der Waals surface area contributed by atoms with Crippen molar-refractivity contribution >= 4 is 160 Å². The fourth-order valence-corrected chi connectivity index (χ4v) is 27.1. The molecule has 0 spiro atoms. The molecule has 14 aromatic carbocycles. The third kappa shape index (κ3) is 27.0. The van der Waals surface area contributed by atoms with E-state index < -0.39 is 43.9 Å². The molecule has 2 N–H and O–H groups in total. The van der Waals surface area contributed by atoms with Crippen LogP contribution < -0.4 is 74.8 Å². The summed E-state index contributed by atoms with van der Waals surface area (Å²) >= 11 is 6.76. The minimum atomic E-state index is -0.514. The maximum Gasteiger partial charge on any atom is 0 e. The Hall–Kier alpha value is -12.0. The van der Waals surface area contributed by atoms with Crippen LogP contribution in [0.4, 0.5) is 0 Å². The van der Waals surface area contributed by atoms with Crippen molar-refractivity contribution in [1.29, 1.82) is 0 Å². The van der Waals surface area contributed by atoms with Crippen LogP contribution in [0.15, 0.2) is 472 Å². The van der Waals surface area contributed by atoms with Crippen LogP contribution >= 0.6 is 53.0 Å². The van der Waals surface area contributed by atoms with E-state index in [1.165, 1.54) is 63.7 Å². The summed E-state index contributed by atoms with van der Waals surface area (Å²) in [6, 6.07) is 144. The molecule has 2 aliphatic rings. The van der Waals surface area contributed by atoms with Crippen molar-refractivity contribution in [2.45, 2.75) is 95.4 Å². The van der Waals surface area contributed by atoms with Crippen molar-refractivity contribution < 1.29 is 47.9 Å². The van der Waals surface area contributed by atoms with Crippen molar-refractivity contribution in [3.8, 4) is 0 Å². The maximum absolute atomic E-state index is 13.5. The van der Waals surface area contributed by atoms with E-state index in [4.69, 9.17) is 21.3 Å². The molecule has 0 amide bonds. The van der Waals surface area contributed by atoms with Crippen molar-refractivity contribution in [3.05, 3.63) is 524 Å². The molecule has 12 nitrogen and oxygen atoms in total. The maximum atomic E-state index is 13.5. The Kier molecular flexibility index (Phi) is 39.7. The van der Waals surface area contributed by atoms with E-state index >= 15 is 0 Å². The number of halogens is 2. The first kappa shape index (κ1) is 104. The molecule has 22 rings (SSSR count). The fraction of sp³-hybridized carbons (Fsp3) is 0.125. The third-order valence-electron chi connectivity index (χ3n) is 24.4. The summed E-state index contributed by atoms with van der Waals surface area (Å²) in [5, 5.41) is 43.1. The van der Waals surface area contributed by atoms with Crippen LogP contribution in [-0.4, -0.2) is 61.5 Å². The summed E-state index contributed by atoms with van der Waals surface area (Å²) in [5.41, 5.74) is 6.21. The number of aliphatic hydroxyl groups excluding tert-OH is 2. The van der Waals surface area contributed by atoms with Gasteiger partial charge in [-0.25, -0.2) is 15.0 Å². The van der Waals surface area contributed by atoms with E-state index in [9.17, 15) is 19.8 Å². The number of aromatic nitrogens is 8. The van der Waals surface area contributed by atoms with Crippen molar-refractivity contribution in [3.63, 3.8) is 0 Å². The molecule has 6 heterocycles. The van der Waals surface area contributed by atoms with Crippen molar-refractivity contribution in [2.24, 2.45) is 0 Å². The molecule has 2 saturated carbocycles. The summed E-state index contributed by atoms with van der Waals surface area (Å²) in [4.78, 5) is 53.3. The molecule has 0 saturated heterocycles. The van der Waals surface area contributed by atoms with Crippen LogP contribution in [0.2, 0.25) is 5.15 Å². The number of pyridine rings is 4. The number of aliphatic hydroxyl groups is 2. The molecule has 6 aromatic heterocycles. The Morgan fingerprint density at radius 3 is 0.779 bits per heavy atom. The molecule has 20 aromatic rings. The van der Waals surface area contributed by atoms with Gasteiger partial charge in [-0.3, -0.25) is 33.7 Å². The van der Waals surface area contributed by atoms with Crippen LogP contribution in [0.5, 0.6) is 0 Å². The van der Waals surface area contributed by atoms with E-state index in [1.807, 2.05) is 61.9 Å². The third-order valence-corrected chi connectivity index (χ3v) is 34.4. The first-order valence-electron chi connectivity index (χ1n) is 46.5. The van der Waals surface area contributed by atoms with Gasteiger partial charge in [0, 0.05) is 84.8 Å². The largest absolute Gasteiger partial charge is 0.0622 e. The molecule has 0 unspecified atom stereocenters. The van der Waals surface area contributed by atoms with Gasteiger partial charge < -0.3 is 17.6 Å². The summed E-state index contributed by atoms with van der Waals surface area (Å²) in [7, 11) is 2.98. The zero-order chi connectivity index (χ0) is 95.0. The van der Waals surface area contributed by atoms with Crippen molar-refractivity contribution in [2.75, 3.05) is 0 Å². The van der Waals surface area contributed by atoms with Gasteiger partial charge in [0.2, 0.25) is 0 Å². The van der Waals surface area contributed by atoms with E-state index in [0.29, 0.717) is 46.2 Å². The van der Waals surface area contributed by atoms with E-state index in [-0.39, 0.29) is 51.1 Å². The van der Waals surface area contributed by atoms with Gasteiger partial charge in [0.25, 0.3) is 11.1 Å². The first-order valence-corrected chi connectivity index (χ1v) is 56.2. The molecule has 0 radical (unpaired) electrons. The van der Waals surface area contributed by atoms with Crippen LogP contribution in [0, 0.1) is 14.4 Å². The topological polar surface area (TPSA) is 162 Å². The van der Waals surface area contributed by atoms with Gasteiger partial charge in [-0.05, 0) is 199 Å². The predicted molar refractivity (Wildman–Crippen MR) is 586 cm³/mol. The minimum absolute atomic E-state index is 0. The Morgan fingerprint density at radius 2 is 0.550 bits per heavy atom. The Bertz CT molecular complexity index is 6260. The number of hydrogen-bond acceptors (Lipinski definition) is 10. The monoisotopic (exact) mass is 2090 g/mol. The molecule has 20 heteroatoms. The first-order chi connectivity index (χ1) is 68.0. The predicted octanol–water partition coefficient (Wildman–Crippen LogP) is 22.7. The second-order valence-electron chi connectivity index (χ2n) is 33.5. The average molecular weight is 2090 g/mol. The Morgan fingerprint density at radius 1 is 0.307 bits per heavy atom. The average Bonchev–Trinajstić information content (AvgIpc) is 0.752. The molecule has 0 aliphatic heterocycles. The summed E-state index contributed by atoms with van der Waals surface area (Å²) < 4.78 is 3.25. The second-order valence-corrected chi connectivity index (χ2v) is 42.7. The van der Waals surface area contributed by atoms with E-state index in [0.717, 1.165) is 112 Å². The smallest absolute Gasteiger partial charge is 0 e. The van der Waals surface area contributed by atoms with Crippen LogP contribution in [0.3, 0.4) is 0 Å². The SMILES string of the molecule is Cc1ccc(Cc2cc3c(=O)n([C@H]4CCCC[C@@H]4O)cnc3c3ccncc23)cn1.O=c1c2cc(Cc3ccc(Cl)nc3)c3cnccc3c2ncn1[C@H]1CCCC[C@@H]1O.[CH3-].[Cl][Zn+].[Pd].c1ccc(P(c2ccccc2)c2ccccc2)cc1.c1ccc(P(c2ccccc2)c2ccccc2)cc1.c1ccc(P(c2ccccc2)c2ccccc2)cc1.c1ccc(P(c2ccccc2)c2ccccc2)cc1. The van der Waals surface area contributed by atoms with E-state index in [2.05, 4.69) is 400 Å². The number of nitrogens with zero attached hydrogens (tertiary/aromatic N) is 8. The molecule has 4 atom stereocenters. The van der Waals surface area contributed by atoms with Crippen LogP contribution in [0.25, 0.3) is 43.4 Å². The molecule has 2 fully saturated rings. The van der Waals surface area contributed by atoms with Gasteiger partial charge >= 0.3 is 27.0 Å². The quantitative estimate of drug-likeness (QED) is 0.0278. The van der Waals surface area contributed by atoms with Gasteiger partial charge in [0.15, 0.2) is 0 Å². The molecule has 0 bridgehead atoms. The number of hydrogen-bond donors (Lipinski definition) is 2. The van der Waals surface area contributed by atoms with Gasteiger partial charge in [-0.15, -0.1) is 0 Å². The number of fused-ring (bicyclic) bond motifs is 6. The van der Waals surface area contributed by atoms with Crippen LogP contribution in [-0.2, 0) is 50.6 Å². The minimum Gasteiger partial charge on any atom is -0.0622 e.